The van der Waals surface area contributed by atoms with E-state index in [2.05, 4.69) is 5.32 Å². The van der Waals surface area contributed by atoms with E-state index in [0.717, 1.165) is 10.5 Å². The summed E-state index contributed by atoms with van der Waals surface area (Å²) >= 11 is 1.38. The summed E-state index contributed by atoms with van der Waals surface area (Å²) in [6, 6.07) is 16.5. The molecule has 0 spiro atoms. The van der Waals surface area contributed by atoms with Gasteiger partial charge in [0.1, 0.15) is 11.5 Å². The summed E-state index contributed by atoms with van der Waals surface area (Å²) in [5.41, 5.74) is 2.02. The SMILES string of the molecule is COc1ccccc1/C=C1/Sc2ccc(C(=O)NCc3ccco3)cc2N(C)C1=O. The molecule has 0 bridgehead atoms. The second kappa shape index (κ2) is 8.51. The molecule has 3 aromatic rings. The van der Waals surface area contributed by atoms with Gasteiger partial charge >= 0.3 is 0 Å². The third-order valence-electron chi connectivity index (χ3n) is 4.75. The number of hydrogen-bond donors (Lipinski definition) is 1. The number of carbonyl (C=O) groups excluding carboxylic acids is 2. The molecule has 1 N–H and O–H groups in total. The number of nitrogens with zero attached hydrogens (tertiary/aromatic N) is 1. The first-order valence-electron chi connectivity index (χ1n) is 9.32. The number of carbonyl (C=O) groups is 2. The minimum absolute atomic E-state index is 0.133. The van der Waals surface area contributed by atoms with Crippen molar-refractivity contribution >= 4 is 35.3 Å². The Morgan fingerprint density at radius 1 is 1.20 bits per heavy atom. The van der Waals surface area contributed by atoms with E-state index in [-0.39, 0.29) is 11.8 Å². The number of likely N-dealkylation sites (N-methyl/N-ethyl adjacent to an activating group) is 1. The molecular weight excluding hydrogens is 400 g/mol. The van der Waals surface area contributed by atoms with E-state index in [0.29, 0.717) is 34.2 Å². The van der Waals surface area contributed by atoms with Gasteiger partial charge in [0, 0.05) is 23.1 Å². The Morgan fingerprint density at radius 3 is 2.80 bits per heavy atom. The zero-order valence-electron chi connectivity index (χ0n) is 16.5. The van der Waals surface area contributed by atoms with Crippen LogP contribution < -0.4 is 15.0 Å². The van der Waals surface area contributed by atoms with Gasteiger partial charge in [-0.15, -0.1) is 0 Å². The van der Waals surface area contributed by atoms with Crippen LogP contribution in [0.25, 0.3) is 6.08 Å². The van der Waals surface area contributed by atoms with E-state index in [1.165, 1.54) is 11.8 Å². The lowest BCUT2D eigenvalue weighted by molar-refractivity contribution is -0.114. The Bertz CT molecular complexity index is 1120. The maximum Gasteiger partial charge on any atom is 0.264 e. The highest BCUT2D eigenvalue weighted by Gasteiger charge is 2.27. The maximum atomic E-state index is 12.9. The summed E-state index contributed by atoms with van der Waals surface area (Å²) in [7, 11) is 3.31. The van der Waals surface area contributed by atoms with Crippen molar-refractivity contribution in [2.24, 2.45) is 0 Å². The van der Waals surface area contributed by atoms with Gasteiger partial charge in [0.15, 0.2) is 0 Å². The Kier molecular flexibility index (Phi) is 5.63. The number of para-hydroxylation sites is 1. The average molecular weight is 420 g/mol. The van der Waals surface area contributed by atoms with Crippen molar-refractivity contribution in [3.63, 3.8) is 0 Å². The van der Waals surface area contributed by atoms with Gasteiger partial charge < -0.3 is 19.4 Å². The highest BCUT2D eigenvalue weighted by molar-refractivity contribution is 8.04. The van der Waals surface area contributed by atoms with Crippen LogP contribution in [0.15, 0.2) is 75.1 Å². The maximum absolute atomic E-state index is 12.9. The van der Waals surface area contributed by atoms with Crippen LogP contribution >= 0.6 is 11.8 Å². The molecule has 0 radical (unpaired) electrons. The van der Waals surface area contributed by atoms with Crippen LogP contribution in [-0.2, 0) is 11.3 Å². The monoisotopic (exact) mass is 420 g/mol. The lowest BCUT2D eigenvalue weighted by atomic mass is 10.1. The predicted octanol–water partition coefficient (Wildman–Crippen LogP) is 4.33. The Hall–Kier alpha value is -3.45. The van der Waals surface area contributed by atoms with Gasteiger partial charge in [-0.3, -0.25) is 9.59 Å². The first-order valence-corrected chi connectivity index (χ1v) is 10.1. The van der Waals surface area contributed by atoms with E-state index in [1.807, 2.05) is 36.4 Å². The summed E-state index contributed by atoms with van der Waals surface area (Å²) in [5.74, 6) is 1.02. The lowest BCUT2D eigenvalue weighted by Gasteiger charge is -2.27. The lowest BCUT2D eigenvalue weighted by Crippen LogP contribution is -2.31. The average Bonchev–Trinajstić information content (AvgIpc) is 3.29. The predicted molar refractivity (Wildman–Crippen MR) is 117 cm³/mol. The molecule has 0 fully saturated rings. The Labute approximate surface area is 178 Å². The van der Waals surface area contributed by atoms with Gasteiger partial charge in [-0.1, -0.05) is 30.0 Å². The number of furan rings is 1. The molecule has 1 aromatic heterocycles. The zero-order chi connectivity index (χ0) is 21.1. The number of thioether (sulfide) groups is 1. The molecule has 2 amide bonds. The second-order valence-electron chi connectivity index (χ2n) is 6.66. The van der Waals surface area contributed by atoms with Crippen molar-refractivity contribution in [2.45, 2.75) is 11.4 Å². The highest BCUT2D eigenvalue weighted by Crippen LogP contribution is 2.42. The van der Waals surface area contributed by atoms with Crippen LogP contribution in [0.1, 0.15) is 21.7 Å². The number of methoxy groups -OCH3 is 1. The number of amides is 2. The van der Waals surface area contributed by atoms with Crippen LogP contribution in [-0.4, -0.2) is 26.0 Å². The number of ether oxygens (including phenoxy) is 1. The smallest absolute Gasteiger partial charge is 0.264 e. The molecule has 0 saturated carbocycles. The Morgan fingerprint density at radius 2 is 2.03 bits per heavy atom. The fraction of sp³-hybridized carbons (Fsp3) is 0.130. The van der Waals surface area contributed by atoms with Gasteiger partial charge in [-0.2, -0.15) is 0 Å². The third-order valence-corrected chi connectivity index (χ3v) is 5.82. The van der Waals surface area contributed by atoms with Crippen molar-refractivity contribution in [1.82, 2.24) is 5.32 Å². The number of rotatable bonds is 5. The molecule has 0 unspecified atom stereocenters. The van der Waals surface area contributed by atoms with Crippen molar-refractivity contribution in [2.75, 3.05) is 19.1 Å². The van der Waals surface area contributed by atoms with Gasteiger partial charge in [-0.25, -0.2) is 0 Å². The molecule has 30 heavy (non-hydrogen) atoms. The summed E-state index contributed by atoms with van der Waals surface area (Å²) < 4.78 is 10.6. The van der Waals surface area contributed by atoms with Crippen LogP contribution in [0.2, 0.25) is 0 Å². The van der Waals surface area contributed by atoms with E-state index in [9.17, 15) is 9.59 Å². The standard InChI is InChI=1S/C23H20N2O4S/c1-25-18-12-16(22(26)24-14-17-7-5-11-29-17)9-10-20(18)30-21(23(25)27)13-15-6-3-4-8-19(15)28-2/h3-13H,14H2,1-2H3,(H,24,26)/b21-13+. The van der Waals surface area contributed by atoms with Crippen molar-refractivity contribution in [3.05, 3.63) is 82.7 Å². The molecule has 2 heterocycles. The van der Waals surface area contributed by atoms with E-state index in [1.54, 1.807) is 49.6 Å². The second-order valence-corrected chi connectivity index (χ2v) is 7.75. The molecule has 4 rings (SSSR count). The molecule has 0 saturated heterocycles. The van der Waals surface area contributed by atoms with E-state index in [4.69, 9.17) is 9.15 Å². The van der Waals surface area contributed by atoms with Crippen LogP contribution in [0, 0.1) is 0 Å². The van der Waals surface area contributed by atoms with E-state index < -0.39 is 0 Å². The zero-order valence-corrected chi connectivity index (χ0v) is 17.4. The molecule has 6 nitrogen and oxygen atoms in total. The van der Waals surface area contributed by atoms with Gasteiger partial charge in [-0.05, 0) is 42.5 Å². The normalized spacial score (nSPS) is 14.5. The number of nitrogens with one attached hydrogen (secondary N) is 1. The topological polar surface area (TPSA) is 71.8 Å². The molecule has 1 aliphatic rings. The number of anilines is 1. The largest absolute Gasteiger partial charge is 0.496 e. The number of benzene rings is 2. The number of fused-ring (bicyclic) bond motifs is 1. The molecule has 2 aromatic carbocycles. The number of hydrogen-bond acceptors (Lipinski definition) is 5. The van der Waals surface area contributed by atoms with Gasteiger partial charge in [0.05, 0.1) is 30.5 Å². The van der Waals surface area contributed by atoms with Crippen LogP contribution in [0.5, 0.6) is 5.75 Å². The first-order chi connectivity index (χ1) is 14.6. The minimum atomic E-state index is -0.226. The van der Waals surface area contributed by atoms with Crippen molar-refractivity contribution in [1.29, 1.82) is 0 Å². The molecule has 7 heteroatoms. The van der Waals surface area contributed by atoms with Crippen molar-refractivity contribution in [3.8, 4) is 5.75 Å². The summed E-state index contributed by atoms with van der Waals surface area (Å²) in [6.45, 7) is 0.304. The summed E-state index contributed by atoms with van der Waals surface area (Å²) in [4.78, 5) is 28.5. The molecular formula is C23H20N2O4S. The van der Waals surface area contributed by atoms with Crippen LogP contribution in [0.3, 0.4) is 0 Å². The highest BCUT2D eigenvalue weighted by atomic mass is 32.2. The van der Waals surface area contributed by atoms with Gasteiger partial charge in [0.25, 0.3) is 11.8 Å². The quantitative estimate of drug-likeness (QED) is 0.622. The molecule has 1 aliphatic heterocycles. The summed E-state index contributed by atoms with van der Waals surface area (Å²) in [6.07, 6.45) is 3.39. The third kappa shape index (κ3) is 3.97. The molecule has 0 atom stereocenters. The Balaban J connectivity index is 1.57. The molecule has 152 valence electrons. The fourth-order valence-corrected chi connectivity index (χ4v) is 4.23. The molecule has 0 aliphatic carbocycles. The van der Waals surface area contributed by atoms with Crippen molar-refractivity contribution < 1.29 is 18.7 Å². The van der Waals surface area contributed by atoms with E-state index >= 15 is 0 Å². The minimum Gasteiger partial charge on any atom is -0.496 e. The first kappa shape index (κ1) is 19.8. The van der Waals surface area contributed by atoms with Crippen LogP contribution in [0.4, 0.5) is 5.69 Å². The van der Waals surface area contributed by atoms with Gasteiger partial charge in [0.2, 0.25) is 0 Å². The summed E-state index contributed by atoms with van der Waals surface area (Å²) in [5, 5.41) is 2.82. The fourth-order valence-electron chi connectivity index (χ4n) is 3.14.